The number of piperazine rings is 1. The van der Waals surface area contributed by atoms with E-state index in [4.69, 9.17) is 4.37 Å². The van der Waals surface area contributed by atoms with Crippen LogP contribution in [0.4, 0.5) is 5.82 Å². The van der Waals surface area contributed by atoms with Crippen LogP contribution in [0.1, 0.15) is 36.1 Å². The molecule has 1 amide bonds. The summed E-state index contributed by atoms with van der Waals surface area (Å²) in [7, 11) is 0. The maximum Gasteiger partial charge on any atom is 0.217 e. The van der Waals surface area contributed by atoms with Gasteiger partial charge in [0, 0.05) is 45.0 Å². The third kappa shape index (κ3) is 3.94. The first-order valence-corrected chi connectivity index (χ1v) is 11.7. The molecule has 2 heterocycles. The van der Waals surface area contributed by atoms with Crippen LogP contribution in [0.5, 0.6) is 0 Å². The van der Waals surface area contributed by atoms with E-state index >= 15 is 0 Å². The molecule has 1 saturated heterocycles. The summed E-state index contributed by atoms with van der Waals surface area (Å²) in [6.45, 7) is 6.90. The van der Waals surface area contributed by atoms with E-state index in [1.165, 1.54) is 26.8 Å². The van der Waals surface area contributed by atoms with Gasteiger partial charge in [-0.2, -0.15) is 4.37 Å². The highest BCUT2D eigenvalue weighted by molar-refractivity contribution is 7.13. The number of rotatable bonds is 5. The van der Waals surface area contributed by atoms with Gasteiger partial charge in [-0.15, -0.1) is 0 Å². The van der Waals surface area contributed by atoms with E-state index in [9.17, 15) is 4.79 Å². The van der Waals surface area contributed by atoms with Crippen LogP contribution in [0.15, 0.2) is 42.5 Å². The molecule has 1 aromatic heterocycles. The number of hydrogen-bond acceptors (Lipinski definition) is 5. The fourth-order valence-corrected chi connectivity index (χ4v) is 5.57. The minimum Gasteiger partial charge on any atom is -0.353 e. The molecule has 1 aliphatic heterocycles. The first kappa shape index (κ1) is 19.5. The molecule has 156 valence electrons. The van der Waals surface area contributed by atoms with Crippen molar-refractivity contribution in [3.8, 4) is 0 Å². The average Bonchev–Trinajstić information content (AvgIpc) is 3.36. The Morgan fingerprint density at radius 1 is 1.17 bits per heavy atom. The minimum atomic E-state index is 0.0593. The van der Waals surface area contributed by atoms with Crippen molar-refractivity contribution in [1.29, 1.82) is 0 Å². The summed E-state index contributed by atoms with van der Waals surface area (Å²) in [6.07, 6.45) is 3.14. The molecular formula is C24H28N4OS. The fraction of sp³-hybridized carbons (Fsp3) is 0.417. The number of carbonyl (C=O) groups excluding carboxylic acids is 1. The van der Waals surface area contributed by atoms with Gasteiger partial charge >= 0.3 is 0 Å². The highest BCUT2D eigenvalue weighted by atomic mass is 32.1. The van der Waals surface area contributed by atoms with Crippen LogP contribution in [0.2, 0.25) is 0 Å². The summed E-state index contributed by atoms with van der Waals surface area (Å²) in [5.74, 6) is 1.21. The zero-order valence-electron chi connectivity index (χ0n) is 17.4. The van der Waals surface area contributed by atoms with Crippen molar-refractivity contribution >= 4 is 33.3 Å². The second kappa shape index (κ2) is 8.36. The van der Waals surface area contributed by atoms with Crippen LogP contribution < -0.4 is 10.2 Å². The molecule has 1 unspecified atom stereocenters. The lowest BCUT2D eigenvalue weighted by molar-refractivity contribution is -0.119. The maximum atomic E-state index is 11.5. The molecule has 2 aliphatic rings. The van der Waals surface area contributed by atoms with E-state index in [1.807, 2.05) is 0 Å². The molecule has 0 spiro atoms. The van der Waals surface area contributed by atoms with Crippen molar-refractivity contribution < 1.29 is 4.79 Å². The van der Waals surface area contributed by atoms with Crippen molar-refractivity contribution in [2.45, 2.75) is 32.2 Å². The van der Waals surface area contributed by atoms with Crippen LogP contribution >= 0.6 is 11.5 Å². The normalized spacial score (nSPS) is 19.2. The van der Waals surface area contributed by atoms with E-state index in [-0.39, 0.29) is 11.9 Å². The van der Waals surface area contributed by atoms with E-state index in [1.54, 1.807) is 18.5 Å². The summed E-state index contributed by atoms with van der Waals surface area (Å²) in [4.78, 5) is 16.5. The lowest BCUT2D eigenvalue weighted by Gasteiger charge is -2.35. The van der Waals surface area contributed by atoms with E-state index < -0.39 is 0 Å². The average molecular weight is 421 g/mol. The van der Waals surface area contributed by atoms with Gasteiger partial charge in [0.15, 0.2) is 0 Å². The highest BCUT2D eigenvalue weighted by Crippen LogP contribution is 2.32. The largest absolute Gasteiger partial charge is 0.353 e. The molecule has 0 bridgehead atoms. The number of aryl methyl sites for hydroxylation is 1. The maximum absolute atomic E-state index is 11.5. The molecule has 1 aliphatic carbocycles. The molecule has 1 atom stereocenters. The van der Waals surface area contributed by atoms with Crippen molar-refractivity contribution in [2.24, 2.45) is 0 Å². The molecule has 6 heteroatoms. The summed E-state index contributed by atoms with van der Waals surface area (Å²) in [5, 5.41) is 4.38. The Balaban J connectivity index is 1.17. The van der Waals surface area contributed by atoms with Crippen LogP contribution in [0.3, 0.4) is 0 Å². The van der Waals surface area contributed by atoms with Gasteiger partial charge in [-0.3, -0.25) is 9.69 Å². The molecule has 1 N–H and O–H groups in total. The Hall–Kier alpha value is -2.44. The molecular weight excluding hydrogens is 392 g/mol. The first-order chi connectivity index (χ1) is 14.7. The Morgan fingerprint density at radius 2 is 2.00 bits per heavy atom. The van der Waals surface area contributed by atoms with Crippen LogP contribution in [-0.4, -0.2) is 47.9 Å². The molecule has 0 saturated carbocycles. The van der Waals surface area contributed by atoms with Gasteiger partial charge in [-0.05, 0) is 59.6 Å². The number of nitrogens with zero attached hydrogens (tertiary/aromatic N) is 3. The van der Waals surface area contributed by atoms with Gasteiger partial charge < -0.3 is 10.2 Å². The summed E-state index contributed by atoms with van der Waals surface area (Å²) in [5.41, 5.74) is 4.09. The van der Waals surface area contributed by atoms with E-state index in [0.717, 1.165) is 57.8 Å². The summed E-state index contributed by atoms with van der Waals surface area (Å²) in [6, 6.07) is 15.6. The molecule has 0 radical (unpaired) electrons. The summed E-state index contributed by atoms with van der Waals surface area (Å²) >= 11 is 1.60. The van der Waals surface area contributed by atoms with Crippen molar-refractivity contribution in [3.63, 3.8) is 0 Å². The molecule has 30 heavy (non-hydrogen) atoms. The third-order valence-electron chi connectivity index (χ3n) is 6.41. The quantitative estimate of drug-likeness (QED) is 0.682. The zero-order chi connectivity index (χ0) is 20.5. The van der Waals surface area contributed by atoms with Gasteiger partial charge in [0.05, 0.1) is 10.7 Å². The molecule has 1 fully saturated rings. The Labute approximate surface area is 181 Å². The fourth-order valence-electron chi connectivity index (χ4n) is 4.77. The number of aromatic nitrogens is 1. The van der Waals surface area contributed by atoms with E-state index in [2.05, 4.69) is 57.6 Å². The van der Waals surface area contributed by atoms with Gasteiger partial charge in [-0.25, -0.2) is 0 Å². The monoisotopic (exact) mass is 420 g/mol. The second-order valence-corrected chi connectivity index (χ2v) is 9.21. The van der Waals surface area contributed by atoms with Gasteiger partial charge in [0.25, 0.3) is 0 Å². The number of hydrogen-bond donors (Lipinski definition) is 1. The Bertz CT molecular complexity index is 1050. The number of anilines is 1. The third-order valence-corrected chi connectivity index (χ3v) is 7.23. The second-order valence-electron chi connectivity index (χ2n) is 8.41. The number of amides is 1. The van der Waals surface area contributed by atoms with Crippen LogP contribution in [-0.2, 0) is 17.6 Å². The van der Waals surface area contributed by atoms with Gasteiger partial charge in [0.2, 0.25) is 5.91 Å². The predicted molar refractivity (Wildman–Crippen MR) is 123 cm³/mol. The van der Waals surface area contributed by atoms with Gasteiger partial charge in [-0.1, -0.05) is 30.3 Å². The van der Waals surface area contributed by atoms with Crippen molar-refractivity contribution in [1.82, 2.24) is 14.6 Å². The van der Waals surface area contributed by atoms with Crippen molar-refractivity contribution in [3.05, 3.63) is 59.2 Å². The smallest absolute Gasteiger partial charge is 0.217 e. The number of fused-ring (bicyclic) bond motifs is 2. The predicted octanol–water partition coefficient (Wildman–Crippen LogP) is 3.78. The number of carbonyl (C=O) groups is 1. The van der Waals surface area contributed by atoms with Gasteiger partial charge in [0.1, 0.15) is 5.82 Å². The Morgan fingerprint density at radius 3 is 2.83 bits per heavy atom. The summed E-state index contributed by atoms with van der Waals surface area (Å²) < 4.78 is 5.99. The van der Waals surface area contributed by atoms with Crippen molar-refractivity contribution in [2.75, 3.05) is 37.6 Å². The SMILES string of the molecule is CC(=O)NC1CCc2ccc(CCN3CCN(c4nsc5ccccc45)CC3)cc21. The van der Waals surface area contributed by atoms with E-state index in [0.29, 0.717) is 0 Å². The molecule has 5 nitrogen and oxygen atoms in total. The minimum absolute atomic E-state index is 0.0593. The van der Waals surface area contributed by atoms with Crippen LogP contribution in [0, 0.1) is 0 Å². The Kier molecular flexibility index (Phi) is 5.44. The zero-order valence-corrected chi connectivity index (χ0v) is 18.3. The number of nitrogens with one attached hydrogen (secondary N) is 1. The lowest BCUT2D eigenvalue weighted by atomic mass is 10.0. The highest BCUT2D eigenvalue weighted by Gasteiger charge is 2.24. The first-order valence-electron chi connectivity index (χ1n) is 10.9. The lowest BCUT2D eigenvalue weighted by Crippen LogP contribution is -2.47. The van der Waals surface area contributed by atoms with Crippen LogP contribution in [0.25, 0.3) is 10.1 Å². The standard InChI is InChI=1S/C24H28N4OS/c1-17(29)25-22-9-8-19-7-6-18(16-21(19)22)10-11-27-12-14-28(15-13-27)24-20-4-2-3-5-23(20)30-26-24/h2-7,16,22H,8-15H2,1H3,(H,25,29). The molecule has 3 aromatic rings. The molecule has 2 aromatic carbocycles. The number of benzene rings is 2. The topological polar surface area (TPSA) is 48.5 Å². The molecule has 5 rings (SSSR count).